The summed E-state index contributed by atoms with van der Waals surface area (Å²) < 4.78 is 0. The summed E-state index contributed by atoms with van der Waals surface area (Å²) in [6.45, 7) is 8.37. The van der Waals surface area contributed by atoms with E-state index in [-0.39, 0.29) is 0 Å². The van der Waals surface area contributed by atoms with Crippen LogP contribution in [0, 0.1) is 0 Å². The molecule has 1 atom stereocenters. The van der Waals surface area contributed by atoms with Gasteiger partial charge in [0.1, 0.15) is 0 Å². The number of hydrogen-bond donors (Lipinski definition) is 2. The molecule has 2 aromatic rings. The molecule has 2 N–H and O–H groups in total. The maximum absolute atomic E-state index is 4.33. The highest BCUT2D eigenvalue weighted by atomic mass is 32.1. The zero-order valence-electron chi connectivity index (χ0n) is 15.7. The lowest BCUT2D eigenvalue weighted by Gasteiger charge is -2.39. The van der Waals surface area contributed by atoms with E-state index < -0.39 is 0 Å². The maximum Gasteiger partial charge on any atom is 0.191 e. The molecule has 1 aliphatic heterocycles. The van der Waals surface area contributed by atoms with E-state index in [0.717, 1.165) is 45.2 Å². The molecule has 0 aliphatic carbocycles. The summed E-state index contributed by atoms with van der Waals surface area (Å²) in [5.74, 6) is 0.869. The number of rotatable bonds is 6. The van der Waals surface area contributed by atoms with E-state index in [1.165, 1.54) is 10.6 Å². The molecule has 6 heteroatoms. The molecule has 1 unspecified atom stereocenters. The standard InChI is InChI=1S/C20H29N5S/c1-17(15-22-20(21-2)23-16-19-9-6-14-26-19)24-10-12-25(13-11-24)18-7-4-3-5-8-18/h3-9,14,17H,10-13,15-16H2,1-2H3,(H2,21,22,23). The van der Waals surface area contributed by atoms with Gasteiger partial charge in [-0.25, -0.2) is 0 Å². The van der Waals surface area contributed by atoms with Gasteiger partial charge in [0, 0.05) is 56.4 Å². The van der Waals surface area contributed by atoms with Crippen LogP contribution in [0.5, 0.6) is 0 Å². The van der Waals surface area contributed by atoms with Crippen LogP contribution in [-0.4, -0.2) is 56.7 Å². The van der Waals surface area contributed by atoms with Gasteiger partial charge in [0.15, 0.2) is 5.96 Å². The Hall–Kier alpha value is -2.05. The zero-order chi connectivity index (χ0) is 18.2. The van der Waals surface area contributed by atoms with Gasteiger partial charge in [-0.2, -0.15) is 0 Å². The lowest BCUT2D eigenvalue weighted by Crippen LogP contribution is -2.53. The van der Waals surface area contributed by atoms with Gasteiger partial charge in [0.25, 0.3) is 0 Å². The molecule has 0 saturated carbocycles. The van der Waals surface area contributed by atoms with E-state index in [1.807, 2.05) is 7.05 Å². The van der Waals surface area contributed by atoms with Gasteiger partial charge in [-0.1, -0.05) is 24.3 Å². The average Bonchev–Trinajstić information content (AvgIpc) is 3.22. The van der Waals surface area contributed by atoms with Gasteiger partial charge < -0.3 is 15.5 Å². The van der Waals surface area contributed by atoms with Gasteiger partial charge in [0.2, 0.25) is 0 Å². The number of anilines is 1. The molecule has 3 rings (SSSR count). The molecule has 26 heavy (non-hydrogen) atoms. The number of aliphatic imine (C=N–C) groups is 1. The summed E-state index contributed by atoms with van der Waals surface area (Å²) >= 11 is 1.76. The minimum absolute atomic E-state index is 0.480. The predicted octanol–water partition coefficient (Wildman–Crippen LogP) is 2.62. The number of nitrogens with zero attached hydrogens (tertiary/aromatic N) is 3. The molecule has 1 aromatic carbocycles. The topological polar surface area (TPSA) is 42.9 Å². The summed E-state index contributed by atoms with van der Waals surface area (Å²) in [4.78, 5) is 10.7. The van der Waals surface area contributed by atoms with Crippen molar-refractivity contribution in [1.82, 2.24) is 15.5 Å². The highest BCUT2D eigenvalue weighted by molar-refractivity contribution is 7.09. The summed E-state index contributed by atoms with van der Waals surface area (Å²) in [5.41, 5.74) is 1.33. The highest BCUT2D eigenvalue weighted by Gasteiger charge is 2.21. The number of hydrogen-bond acceptors (Lipinski definition) is 4. The third kappa shape index (κ3) is 5.22. The number of thiophene rings is 1. The van der Waals surface area contributed by atoms with Gasteiger partial charge in [-0.3, -0.25) is 9.89 Å². The normalized spacial score (nSPS) is 17.2. The van der Waals surface area contributed by atoms with Crippen molar-refractivity contribution in [2.75, 3.05) is 44.7 Å². The third-order valence-corrected chi connectivity index (χ3v) is 5.73. The molecule has 1 saturated heterocycles. The van der Waals surface area contributed by atoms with Crippen molar-refractivity contribution in [1.29, 1.82) is 0 Å². The molecule has 1 fully saturated rings. The summed E-state index contributed by atoms with van der Waals surface area (Å²) in [7, 11) is 1.83. The summed E-state index contributed by atoms with van der Waals surface area (Å²) in [6.07, 6.45) is 0. The molecule has 0 radical (unpaired) electrons. The van der Waals surface area contributed by atoms with Crippen LogP contribution < -0.4 is 15.5 Å². The number of guanidine groups is 1. The van der Waals surface area contributed by atoms with Crippen LogP contribution in [-0.2, 0) is 6.54 Å². The third-order valence-electron chi connectivity index (χ3n) is 4.86. The first kappa shape index (κ1) is 18.7. The van der Waals surface area contributed by atoms with Crippen molar-refractivity contribution < 1.29 is 0 Å². The zero-order valence-corrected chi connectivity index (χ0v) is 16.5. The molecule has 2 heterocycles. The number of nitrogens with one attached hydrogen (secondary N) is 2. The first-order valence-corrected chi connectivity index (χ1v) is 10.1. The molecule has 5 nitrogen and oxygen atoms in total. The van der Waals surface area contributed by atoms with Crippen molar-refractivity contribution in [3.63, 3.8) is 0 Å². The molecule has 1 aromatic heterocycles. The van der Waals surface area contributed by atoms with Gasteiger partial charge in [-0.15, -0.1) is 11.3 Å². The van der Waals surface area contributed by atoms with Crippen LogP contribution in [0.25, 0.3) is 0 Å². The first-order chi connectivity index (χ1) is 12.8. The van der Waals surface area contributed by atoms with Crippen molar-refractivity contribution in [3.05, 3.63) is 52.7 Å². The quantitative estimate of drug-likeness (QED) is 0.605. The fraction of sp³-hybridized carbons (Fsp3) is 0.450. The molecule has 1 aliphatic rings. The molecular formula is C20H29N5S. The number of para-hydroxylation sites is 1. The second-order valence-corrected chi connectivity index (χ2v) is 7.63. The Labute approximate surface area is 160 Å². The SMILES string of the molecule is CN=C(NCc1cccs1)NCC(C)N1CCN(c2ccccc2)CC1. The van der Waals surface area contributed by atoms with E-state index >= 15 is 0 Å². The molecule has 140 valence electrons. The second kappa shape index (κ2) is 9.59. The van der Waals surface area contributed by atoms with E-state index in [4.69, 9.17) is 0 Å². The van der Waals surface area contributed by atoms with Crippen LogP contribution in [0.1, 0.15) is 11.8 Å². The Morgan fingerprint density at radius 2 is 1.85 bits per heavy atom. The maximum atomic E-state index is 4.33. The Kier molecular flexibility index (Phi) is 6.91. The molecule has 0 amide bonds. The Bertz CT molecular complexity index is 663. The van der Waals surface area contributed by atoms with Crippen molar-refractivity contribution >= 4 is 23.0 Å². The smallest absolute Gasteiger partial charge is 0.191 e. The van der Waals surface area contributed by atoms with Gasteiger partial charge >= 0.3 is 0 Å². The largest absolute Gasteiger partial charge is 0.369 e. The number of piperazine rings is 1. The van der Waals surface area contributed by atoms with Crippen LogP contribution >= 0.6 is 11.3 Å². The molecule has 0 bridgehead atoms. The average molecular weight is 372 g/mol. The monoisotopic (exact) mass is 371 g/mol. The van der Waals surface area contributed by atoms with Crippen LogP contribution in [0.4, 0.5) is 5.69 Å². The van der Waals surface area contributed by atoms with Gasteiger partial charge in [0.05, 0.1) is 6.54 Å². The fourth-order valence-electron chi connectivity index (χ4n) is 3.24. The van der Waals surface area contributed by atoms with Crippen LogP contribution in [0.15, 0.2) is 52.8 Å². The predicted molar refractivity (Wildman–Crippen MR) is 112 cm³/mol. The Balaban J connectivity index is 1.40. The minimum Gasteiger partial charge on any atom is -0.369 e. The van der Waals surface area contributed by atoms with Crippen molar-refractivity contribution in [3.8, 4) is 0 Å². The van der Waals surface area contributed by atoms with Crippen LogP contribution in [0.3, 0.4) is 0 Å². The van der Waals surface area contributed by atoms with Gasteiger partial charge in [-0.05, 0) is 30.5 Å². The lowest BCUT2D eigenvalue weighted by molar-refractivity contribution is 0.197. The van der Waals surface area contributed by atoms with Crippen molar-refractivity contribution in [2.45, 2.75) is 19.5 Å². The minimum atomic E-state index is 0.480. The fourth-order valence-corrected chi connectivity index (χ4v) is 3.88. The lowest BCUT2D eigenvalue weighted by atomic mass is 10.2. The Morgan fingerprint density at radius 3 is 2.50 bits per heavy atom. The summed E-state index contributed by atoms with van der Waals surface area (Å²) in [6, 6.07) is 15.4. The molecular weight excluding hydrogens is 342 g/mol. The van der Waals surface area contributed by atoms with E-state index in [9.17, 15) is 0 Å². The van der Waals surface area contributed by atoms with Crippen LogP contribution in [0.2, 0.25) is 0 Å². The van der Waals surface area contributed by atoms with E-state index in [2.05, 4.69) is 80.2 Å². The second-order valence-electron chi connectivity index (χ2n) is 6.59. The highest BCUT2D eigenvalue weighted by Crippen LogP contribution is 2.16. The van der Waals surface area contributed by atoms with Crippen molar-refractivity contribution in [2.24, 2.45) is 4.99 Å². The Morgan fingerprint density at radius 1 is 1.08 bits per heavy atom. The van der Waals surface area contributed by atoms with E-state index in [0.29, 0.717) is 6.04 Å². The molecule has 0 spiro atoms. The van der Waals surface area contributed by atoms with E-state index in [1.54, 1.807) is 11.3 Å². The number of benzene rings is 1. The first-order valence-electron chi connectivity index (χ1n) is 9.27. The summed E-state index contributed by atoms with van der Waals surface area (Å²) in [5, 5.41) is 8.94.